The number of benzene rings is 2. The van der Waals surface area contributed by atoms with Crippen molar-refractivity contribution in [3.63, 3.8) is 0 Å². The molecule has 1 aromatic heterocycles. The van der Waals surface area contributed by atoms with Crippen molar-refractivity contribution in [2.45, 2.75) is 13.3 Å². The van der Waals surface area contributed by atoms with Crippen LogP contribution < -0.4 is 9.64 Å². The van der Waals surface area contributed by atoms with Gasteiger partial charge in [-0.2, -0.15) is 5.10 Å². The zero-order valence-electron chi connectivity index (χ0n) is 17.2. The number of aromatic nitrogens is 2. The van der Waals surface area contributed by atoms with Crippen molar-refractivity contribution in [2.75, 3.05) is 38.2 Å². The smallest absolute Gasteiger partial charge is 0.254 e. The first-order valence-electron chi connectivity index (χ1n) is 10.1. The van der Waals surface area contributed by atoms with E-state index in [0.717, 1.165) is 35.8 Å². The van der Waals surface area contributed by atoms with Gasteiger partial charge in [0, 0.05) is 37.8 Å². The maximum atomic E-state index is 13.9. The lowest BCUT2D eigenvalue weighted by Gasteiger charge is -2.22. The van der Waals surface area contributed by atoms with Crippen molar-refractivity contribution in [3.8, 4) is 17.0 Å². The first-order valence-corrected chi connectivity index (χ1v) is 10.1. The Labute approximate surface area is 175 Å². The fourth-order valence-electron chi connectivity index (χ4n) is 3.65. The van der Waals surface area contributed by atoms with Crippen molar-refractivity contribution in [2.24, 2.45) is 0 Å². The summed E-state index contributed by atoms with van der Waals surface area (Å²) >= 11 is 0. The molecule has 1 saturated heterocycles. The molecule has 0 spiro atoms. The maximum absolute atomic E-state index is 13.9. The minimum Gasteiger partial charge on any atom is -0.497 e. The second-order valence-electron chi connectivity index (χ2n) is 7.47. The highest BCUT2D eigenvalue weighted by atomic mass is 19.1. The summed E-state index contributed by atoms with van der Waals surface area (Å²) in [4.78, 5) is 16.8. The van der Waals surface area contributed by atoms with Gasteiger partial charge in [0.05, 0.1) is 12.8 Å². The number of halogens is 1. The molecule has 156 valence electrons. The Hall–Kier alpha value is -3.35. The molecule has 2 aromatic carbocycles. The quantitative estimate of drug-likeness (QED) is 0.712. The van der Waals surface area contributed by atoms with Crippen LogP contribution in [0.5, 0.6) is 5.75 Å². The van der Waals surface area contributed by atoms with E-state index in [0.29, 0.717) is 30.8 Å². The summed E-state index contributed by atoms with van der Waals surface area (Å²) in [5, 5.41) is 7.56. The highest BCUT2D eigenvalue weighted by Gasteiger charge is 2.22. The normalized spacial score (nSPS) is 14.5. The van der Waals surface area contributed by atoms with Gasteiger partial charge in [-0.15, -0.1) is 0 Å². The van der Waals surface area contributed by atoms with Crippen LogP contribution in [-0.2, 0) is 0 Å². The third-order valence-corrected chi connectivity index (χ3v) is 5.49. The largest absolute Gasteiger partial charge is 0.497 e. The summed E-state index contributed by atoms with van der Waals surface area (Å²) in [5.41, 5.74) is 2.90. The first kappa shape index (κ1) is 19.9. The Bertz CT molecular complexity index is 1030. The van der Waals surface area contributed by atoms with Gasteiger partial charge in [-0.1, -0.05) is 6.07 Å². The van der Waals surface area contributed by atoms with Crippen LogP contribution >= 0.6 is 0 Å². The van der Waals surface area contributed by atoms with E-state index in [2.05, 4.69) is 15.1 Å². The predicted molar refractivity (Wildman–Crippen MR) is 114 cm³/mol. The molecule has 1 aliphatic heterocycles. The third kappa shape index (κ3) is 4.15. The first-order chi connectivity index (χ1) is 14.5. The second-order valence-corrected chi connectivity index (χ2v) is 7.47. The topological polar surface area (TPSA) is 61.5 Å². The van der Waals surface area contributed by atoms with Crippen molar-refractivity contribution >= 4 is 11.7 Å². The van der Waals surface area contributed by atoms with E-state index in [1.807, 2.05) is 30.3 Å². The van der Waals surface area contributed by atoms with Gasteiger partial charge in [0.1, 0.15) is 11.6 Å². The molecule has 0 aliphatic carbocycles. The molecule has 0 saturated carbocycles. The number of H-pyrrole nitrogens is 1. The van der Waals surface area contributed by atoms with Gasteiger partial charge in [-0.3, -0.25) is 9.89 Å². The summed E-state index contributed by atoms with van der Waals surface area (Å²) in [6.07, 6.45) is 0.824. The molecular formula is C23H25FN4O2. The van der Waals surface area contributed by atoms with Crippen LogP contribution in [0.15, 0.2) is 48.5 Å². The summed E-state index contributed by atoms with van der Waals surface area (Å²) in [6, 6.07) is 14.5. The number of hydrogen-bond donors (Lipinski definition) is 1. The number of anilines is 1. The average molecular weight is 408 g/mol. The van der Waals surface area contributed by atoms with Crippen LogP contribution in [0.1, 0.15) is 22.3 Å². The number of aryl methyl sites for hydroxylation is 1. The van der Waals surface area contributed by atoms with Crippen molar-refractivity contribution in [3.05, 3.63) is 65.5 Å². The number of hydrogen-bond acceptors (Lipinski definition) is 4. The van der Waals surface area contributed by atoms with Gasteiger partial charge in [0.25, 0.3) is 5.91 Å². The summed E-state index contributed by atoms with van der Waals surface area (Å²) in [5.74, 6) is 1.19. The highest BCUT2D eigenvalue weighted by Crippen LogP contribution is 2.25. The van der Waals surface area contributed by atoms with Crippen molar-refractivity contribution in [1.82, 2.24) is 15.1 Å². The number of carbonyl (C=O) groups excluding carboxylic acids is 1. The van der Waals surface area contributed by atoms with E-state index < -0.39 is 0 Å². The lowest BCUT2D eigenvalue weighted by Crippen LogP contribution is -2.35. The van der Waals surface area contributed by atoms with E-state index in [9.17, 15) is 9.18 Å². The standard InChI is InChI=1S/C23H25FN4O2/c1-16-4-5-18(14-20(16)24)23(29)28-11-3-10-27(12-13-28)22-15-21(25-26-22)17-6-8-19(30-2)9-7-17/h4-9,14-15H,3,10-13H2,1-2H3,(H,25,26). The minimum absolute atomic E-state index is 0.128. The van der Waals surface area contributed by atoms with E-state index >= 15 is 0 Å². The van der Waals surface area contributed by atoms with Crippen LogP contribution in [0, 0.1) is 12.7 Å². The number of nitrogens with one attached hydrogen (secondary N) is 1. The van der Waals surface area contributed by atoms with Gasteiger partial charge < -0.3 is 14.5 Å². The highest BCUT2D eigenvalue weighted by molar-refractivity contribution is 5.94. The fraction of sp³-hybridized carbons (Fsp3) is 0.304. The Morgan fingerprint density at radius 3 is 2.60 bits per heavy atom. The number of nitrogens with zero attached hydrogens (tertiary/aromatic N) is 3. The molecule has 0 atom stereocenters. The van der Waals surface area contributed by atoms with Crippen molar-refractivity contribution < 1.29 is 13.9 Å². The molecule has 6 nitrogen and oxygen atoms in total. The molecule has 3 aromatic rings. The molecule has 1 amide bonds. The van der Waals surface area contributed by atoms with Crippen LogP contribution in [0.4, 0.5) is 10.2 Å². The van der Waals surface area contributed by atoms with E-state index in [1.165, 1.54) is 6.07 Å². The zero-order valence-corrected chi connectivity index (χ0v) is 17.2. The lowest BCUT2D eigenvalue weighted by molar-refractivity contribution is 0.0766. The SMILES string of the molecule is COc1ccc(-c2cc(N3CCCN(C(=O)c4ccc(C)c(F)c4)CC3)n[nH]2)cc1. The Balaban J connectivity index is 1.43. The number of ether oxygens (including phenoxy) is 1. The fourth-order valence-corrected chi connectivity index (χ4v) is 3.65. The number of aromatic amines is 1. The van der Waals surface area contributed by atoms with E-state index in [-0.39, 0.29) is 11.7 Å². The minimum atomic E-state index is -0.347. The van der Waals surface area contributed by atoms with Crippen LogP contribution in [0.25, 0.3) is 11.3 Å². The molecule has 2 heterocycles. The summed E-state index contributed by atoms with van der Waals surface area (Å²) in [7, 11) is 1.64. The molecule has 1 N–H and O–H groups in total. The molecular weight excluding hydrogens is 383 g/mol. The molecule has 7 heteroatoms. The zero-order chi connectivity index (χ0) is 21.1. The molecule has 0 unspecified atom stereocenters. The van der Waals surface area contributed by atoms with Gasteiger partial charge in [0.2, 0.25) is 0 Å². The average Bonchev–Trinajstić information content (AvgIpc) is 3.13. The predicted octanol–water partition coefficient (Wildman–Crippen LogP) is 3.89. The summed E-state index contributed by atoms with van der Waals surface area (Å²) in [6.45, 7) is 4.38. The van der Waals surface area contributed by atoms with Crippen LogP contribution in [0.2, 0.25) is 0 Å². The second kappa shape index (κ2) is 8.57. The van der Waals surface area contributed by atoms with Crippen LogP contribution in [-0.4, -0.2) is 54.3 Å². The monoisotopic (exact) mass is 408 g/mol. The number of carbonyl (C=O) groups is 1. The summed E-state index contributed by atoms with van der Waals surface area (Å²) < 4.78 is 19.1. The Morgan fingerprint density at radius 2 is 1.87 bits per heavy atom. The van der Waals surface area contributed by atoms with Gasteiger partial charge in [-0.05, 0) is 60.9 Å². The third-order valence-electron chi connectivity index (χ3n) is 5.49. The number of methoxy groups -OCH3 is 1. The molecule has 0 radical (unpaired) electrons. The number of amides is 1. The van der Waals surface area contributed by atoms with E-state index in [4.69, 9.17) is 4.74 Å². The van der Waals surface area contributed by atoms with Gasteiger partial charge >= 0.3 is 0 Å². The molecule has 30 heavy (non-hydrogen) atoms. The van der Waals surface area contributed by atoms with Crippen molar-refractivity contribution in [1.29, 1.82) is 0 Å². The van der Waals surface area contributed by atoms with E-state index in [1.54, 1.807) is 31.1 Å². The molecule has 1 aliphatic rings. The Morgan fingerprint density at radius 1 is 1.07 bits per heavy atom. The van der Waals surface area contributed by atoms with Gasteiger partial charge in [-0.25, -0.2) is 4.39 Å². The molecule has 0 bridgehead atoms. The van der Waals surface area contributed by atoms with Gasteiger partial charge in [0.15, 0.2) is 5.82 Å². The number of rotatable bonds is 4. The Kier molecular flexibility index (Phi) is 5.70. The maximum Gasteiger partial charge on any atom is 0.254 e. The lowest BCUT2D eigenvalue weighted by atomic mass is 10.1. The van der Waals surface area contributed by atoms with Crippen LogP contribution in [0.3, 0.4) is 0 Å². The molecule has 4 rings (SSSR count). The molecule has 1 fully saturated rings.